The van der Waals surface area contributed by atoms with Crippen LogP contribution in [-0.2, 0) is 6.42 Å². The zero-order valence-corrected chi connectivity index (χ0v) is 9.21. The predicted molar refractivity (Wildman–Crippen MR) is 60.7 cm³/mol. The Labute approximate surface area is 86.4 Å². The van der Waals surface area contributed by atoms with E-state index in [9.17, 15) is 0 Å². The van der Waals surface area contributed by atoms with Crippen LogP contribution in [0.3, 0.4) is 0 Å². The molecule has 0 heterocycles. The van der Waals surface area contributed by atoms with Crippen LogP contribution in [0.5, 0.6) is 5.75 Å². The fourth-order valence-electron chi connectivity index (χ4n) is 1.23. The normalized spacial score (nSPS) is 9.64. The van der Waals surface area contributed by atoms with Gasteiger partial charge in [-0.25, -0.2) is 0 Å². The number of para-hydroxylation sites is 1. The van der Waals surface area contributed by atoms with E-state index in [-0.39, 0.29) is 0 Å². The van der Waals surface area contributed by atoms with Crippen LogP contribution < -0.4 is 4.74 Å². The second-order valence-electron chi connectivity index (χ2n) is 3.55. The van der Waals surface area contributed by atoms with Crippen LogP contribution in [0.4, 0.5) is 0 Å². The van der Waals surface area contributed by atoms with Gasteiger partial charge in [0, 0.05) is 0 Å². The van der Waals surface area contributed by atoms with Crippen molar-refractivity contribution >= 4 is 0 Å². The van der Waals surface area contributed by atoms with E-state index in [0.29, 0.717) is 6.61 Å². The van der Waals surface area contributed by atoms with Crippen molar-refractivity contribution in [2.45, 2.75) is 27.2 Å². The van der Waals surface area contributed by atoms with Gasteiger partial charge in [-0.05, 0) is 38.0 Å². The Morgan fingerprint density at radius 2 is 2.00 bits per heavy atom. The van der Waals surface area contributed by atoms with Gasteiger partial charge in [0.25, 0.3) is 0 Å². The molecule has 1 rings (SSSR count). The average molecular weight is 190 g/mol. The molecule has 0 aliphatic heterocycles. The second kappa shape index (κ2) is 5.48. The minimum atomic E-state index is 0.666. The van der Waals surface area contributed by atoms with Gasteiger partial charge in [0.15, 0.2) is 0 Å². The van der Waals surface area contributed by atoms with Crippen LogP contribution >= 0.6 is 0 Å². The molecule has 1 heteroatoms. The number of rotatable bonds is 4. The first kappa shape index (κ1) is 10.8. The molecular weight excluding hydrogens is 172 g/mol. The summed E-state index contributed by atoms with van der Waals surface area (Å²) in [4.78, 5) is 0. The van der Waals surface area contributed by atoms with Crippen molar-refractivity contribution in [3.05, 3.63) is 41.5 Å². The maximum Gasteiger partial charge on any atom is 0.122 e. The largest absolute Gasteiger partial charge is 0.489 e. The van der Waals surface area contributed by atoms with Crippen molar-refractivity contribution in [2.75, 3.05) is 6.61 Å². The number of benzene rings is 1. The van der Waals surface area contributed by atoms with Gasteiger partial charge in [-0.3, -0.25) is 0 Å². The van der Waals surface area contributed by atoms with Crippen LogP contribution in [0, 0.1) is 0 Å². The highest BCUT2D eigenvalue weighted by Gasteiger charge is 1.98. The molecule has 0 aliphatic rings. The van der Waals surface area contributed by atoms with E-state index in [1.165, 1.54) is 11.1 Å². The topological polar surface area (TPSA) is 9.23 Å². The van der Waals surface area contributed by atoms with Gasteiger partial charge in [-0.15, -0.1) is 0 Å². The zero-order valence-electron chi connectivity index (χ0n) is 9.21. The summed E-state index contributed by atoms with van der Waals surface area (Å²) in [5, 5.41) is 0. The molecule has 76 valence electrons. The lowest BCUT2D eigenvalue weighted by atomic mass is 10.1. The molecule has 0 unspecified atom stereocenters. The van der Waals surface area contributed by atoms with Crippen molar-refractivity contribution in [3.63, 3.8) is 0 Å². The van der Waals surface area contributed by atoms with Gasteiger partial charge in [0.1, 0.15) is 12.4 Å². The predicted octanol–water partition coefficient (Wildman–Crippen LogP) is 3.59. The van der Waals surface area contributed by atoms with E-state index < -0.39 is 0 Å². The summed E-state index contributed by atoms with van der Waals surface area (Å²) in [5.74, 6) is 1.01. The number of allylic oxidation sites excluding steroid dienone is 1. The number of ether oxygens (including phenoxy) is 1. The Hall–Kier alpha value is -1.24. The van der Waals surface area contributed by atoms with Crippen LogP contribution in [-0.4, -0.2) is 6.61 Å². The van der Waals surface area contributed by atoms with Gasteiger partial charge < -0.3 is 4.74 Å². The maximum absolute atomic E-state index is 5.66. The molecule has 0 bridgehead atoms. The SMILES string of the molecule is CCc1ccccc1OCC=C(C)C. The molecule has 0 aliphatic carbocycles. The van der Waals surface area contributed by atoms with E-state index in [1.54, 1.807) is 0 Å². The lowest BCUT2D eigenvalue weighted by Crippen LogP contribution is -1.97. The van der Waals surface area contributed by atoms with E-state index >= 15 is 0 Å². The van der Waals surface area contributed by atoms with E-state index in [2.05, 4.69) is 32.9 Å². The van der Waals surface area contributed by atoms with E-state index in [4.69, 9.17) is 4.74 Å². The summed E-state index contributed by atoms with van der Waals surface area (Å²) in [6, 6.07) is 8.19. The van der Waals surface area contributed by atoms with Crippen molar-refractivity contribution in [3.8, 4) is 5.75 Å². The highest BCUT2D eigenvalue weighted by Crippen LogP contribution is 2.18. The molecule has 0 atom stereocenters. The highest BCUT2D eigenvalue weighted by molar-refractivity contribution is 5.33. The first-order chi connectivity index (χ1) is 6.74. The lowest BCUT2D eigenvalue weighted by Gasteiger charge is -2.08. The second-order valence-corrected chi connectivity index (χ2v) is 3.55. The molecule has 0 radical (unpaired) electrons. The molecule has 0 saturated carbocycles. The number of hydrogen-bond acceptors (Lipinski definition) is 1. The molecule has 0 spiro atoms. The highest BCUT2D eigenvalue weighted by atomic mass is 16.5. The molecule has 1 nitrogen and oxygen atoms in total. The van der Waals surface area contributed by atoms with Crippen molar-refractivity contribution < 1.29 is 4.74 Å². The Balaban J connectivity index is 2.62. The lowest BCUT2D eigenvalue weighted by molar-refractivity contribution is 0.358. The summed E-state index contributed by atoms with van der Waals surface area (Å²) in [5.41, 5.74) is 2.56. The smallest absolute Gasteiger partial charge is 0.122 e. The average Bonchev–Trinajstić information content (AvgIpc) is 2.18. The Kier molecular flexibility index (Phi) is 4.24. The van der Waals surface area contributed by atoms with Crippen LogP contribution in [0.2, 0.25) is 0 Å². The summed E-state index contributed by atoms with van der Waals surface area (Å²) in [7, 11) is 0. The van der Waals surface area contributed by atoms with Crippen LogP contribution in [0.15, 0.2) is 35.9 Å². The third kappa shape index (κ3) is 3.25. The fraction of sp³-hybridized carbons (Fsp3) is 0.385. The van der Waals surface area contributed by atoms with Crippen molar-refractivity contribution in [2.24, 2.45) is 0 Å². The Bertz CT molecular complexity index is 309. The van der Waals surface area contributed by atoms with E-state index in [0.717, 1.165) is 12.2 Å². The third-order valence-electron chi connectivity index (χ3n) is 2.08. The summed E-state index contributed by atoms with van der Waals surface area (Å²) in [6.07, 6.45) is 3.11. The zero-order chi connectivity index (χ0) is 10.4. The first-order valence-corrected chi connectivity index (χ1v) is 5.08. The minimum Gasteiger partial charge on any atom is -0.489 e. The number of aryl methyl sites for hydroxylation is 1. The molecular formula is C13H18O. The quantitative estimate of drug-likeness (QED) is 0.659. The van der Waals surface area contributed by atoms with Gasteiger partial charge in [0.2, 0.25) is 0 Å². The van der Waals surface area contributed by atoms with E-state index in [1.807, 2.05) is 18.2 Å². The molecule has 0 fully saturated rings. The third-order valence-corrected chi connectivity index (χ3v) is 2.08. The standard InChI is InChI=1S/C13H18O/c1-4-12-7-5-6-8-13(12)14-10-9-11(2)3/h5-9H,4,10H2,1-3H3. The first-order valence-electron chi connectivity index (χ1n) is 5.08. The van der Waals surface area contributed by atoms with Crippen LogP contribution in [0.1, 0.15) is 26.3 Å². The van der Waals surface area contributed by atoms with Gasteiger partial charge in [0.05, 0.1) is 0 Å². The summed E-state index contributed by atoms with van der Waals surface area (Å²) in [6.45, 7) is 6.96. The molecule has 0 amide bonds. The van der Waals surface area contributed by atoms with Gasteiger partial charge in [-0.1, -0.05) is 30.7 Å². The molecule has 0 N–H and O–H groups in total. The number of hydrogen-bond donors (Lipinski definition) is 0. The molecule has 1 aromatic rings. The minimum absolute atomic E-state index is 0.666. The van der Waals surface area contributed by atoms with Gasteiger partial charge >= 0.3 is 0 Å². The van der Waals surface area contributed by atoms with Crippen molar-refractivity contribution in [1.82, 2.24) is 0 Å². The summed E-state index contributed by atoms with van der Waals surface area (Å²) < 4.78 is 5.66. The molecule has 1 aromatic carbocycles. The molecule has 0 saturated heterocycles. The maximum atomic E-state index is 5.66. The fourth-order valence-corrected chi connectivity index (χ4v) is 1.23. The van der Waals surface area contributed by atoms with Crippen molar-refractivity contribution in [1.29, 1.82) is 0 Å². The Morgan fingerprint density at radius 1 is 1.29 bits per heavy atom. The molecule has 14 heavy (non-hydrogen) atoms. The van der Waals surface area contributed by atoms with Gasteiger partial charge in [-0.2, -0.15) is 0 Å². The monoisotopic (exact) mass is 190 g/mol. The summed E-state index contributed by atoms with van der Waals surface area (Å²) >= 11 is 0. The van der Waals surface area contributed by atoms with Crippen LogP contribution in [0.25, 0.3) is 0 Å². The molecule has 0 aromatic heterocycles. The Morgan fingerprint density at radius 3 is 2.64 bits per heavy atom.